The Hall–Kier alpha value is -6.13. The maximum Gasteiger partial charge on any atom is 0.170 e. The van der Waals surface area contributed by atoms with E-state index in [9.17, 15) is 0 Å². The molecule has 71 heavy (non-hydrogen) atoms. The van der Waals surface area contributed by atoms with Crippen molar-refractivity contribution in [2.75, 3.05) is 0 Å². The van der Waals surface area contributed by atoms with Crippen LogP contribution in [0.25, 0.3) is 109 Å². The first-order chi connectivity index (χ1) is 33.2. The van der Waals surface area contributed by atoms with Crippen LogP contribution in [0.15, 0.2) is 143 Å². The van der Waals surface area contributed by atoms with E-state index in [2.05, 4.69) is 136 Å². The SMILES string of the molecule is CC(C)c1ccccc1-c1c2c3ccoc3c3ccc[c-]c3c2nn1C.Cc1cc2c3ccc[c-]c3n3ncc(-c4c(C)cccc4C)c3c2o1.Cc1cc2c3ccc[c-]c3n3ncnc3c2s1.[Ir].[Ir].[Ir]. The van der Waals surface area contributed by atoms with Gasteiger partial charge in [-0.05, 0) is 95.2 Å². The summed E-state index contributed by atoms with van der Waals surface area (Å²) in [4.78, 5) is 5.65. The van der Waals surface area contributed by atoms with Crippen molar-refractivity contribution in [2.45, 2.75) is 47.5 Å². The zero-order chi connectivity index (χ0) is 46.4. The number of rotatable bonds is 3. The second-order valence-electron chi connectivity index (χ2n) is 17.7. The van der Waals surface area contributed by atoms with Crippen molar-refractivity contribution in [1.29, 1.82) is 0 Å². The van der Waals surface area contributed by atoms with Gasteiger partial charge in [0.2, 0.25) is 0 Å². The monoisotopic (exact) mass is 1480 g/mol. The van der Waals surface area contributed by atoms with Gasteiger partial charge in [0.05, 0.1) is 28.4 Å². The minimum absolute atomic E-state index is 0. The van der Waals surface area contributed by atoms with Crippen LogP contribution in [0, 0.1) is 45.9 Å². The summed E-state index contributed by atoms with van der Waals surface area (Å²) in [6.07, 6.45) is 5.31. The fourth-order valence-corrected chi connectivity index (χ4v) is 11.2. The van der Waals surface area contributed by atoms with Gasteiger partial charge < -0.3 is 8.83 Å². The number of nitrogens with zero attached hydrogens (tertiary/aromatic N) is 7. The molecule has 0 saturated heterocycles. The fourth-order valence-electron chi connectivity index (χ4n) is 10.1. The fraction of sp³-hybridized carbons (Fsp3) is 0.138. The number of hydrogen-bond acceptors (Lipinski definition) is 7. The number of aromatic nitrogens is 7. The number of aryl methyl sites for hydroxylation is 5. The summed E-state index contributed by atoms with van der Waals surface area (Å²) < 4.78 is 19.0. The van der Waals surface area contributed by atoms with Crippen LogP contribution in [0.4, 0.5) is 0 Å². The van der Waals surface area contributed by atoms with Crippen LogP contribution < -0.4 is 0 Å². The third-order valence-corrected chi connectivity index (χ3v) is 14.1. The Kier molecular flexibility index (Phi) is 13.9. The molecule has 359 valence electrons. The second kappa shape index (κ2) is 19.8. The Balaban J connectivity index is 0.000000132. The molecule has 14 aromatic rings. The van der Waals surface area contributed by atoms with Crippen LogP contribution in [-0.4, -0.2) is 34.0 Å². The van der Waals surface area contributed by atoms with Crippen molar-refractivity contribution in [3.05, 3.63) is 180 Å². The molecule has 3 radical (unpaired) electrons. The van der Waals surface area contributed by atoms with E-state index in [0.717, 1.165) is 88.2 Å². The van der Waals surface area contributed by atoms with Crippen molar-refractivity contribution in [3.63, 3.8) is 0 Å². The topological polar surface area (TPSA) is 91.6 Å². The van der Waals surface area contributed by atoms with Gasteiger partial charge in [-0.1, -0.05) is 73.2 Å². The molecule has 0 saturated carbocycles. The van der Waals surface area contributed by atoms with Crippen LogP contribution in [0.5, 0.6) is 0 Å². The van der Waals surface area contributed by atoms with Gasteiger partial charge in [0.25, 0.3) is 0 Å². The average Bonchev–Trinajstić information content (AvgIpc) is 4.22. The first-order valence-electron chi connectivity index (χ1n) is 22.7. The molecule has 14 rings (SSSR count). The normalized spacial score (nSPS) is 11.4. The summed E-state index contributed by atoms with van der Waals surface area (Å²) in [5.41, 5.74) is 15.2. The summed E-state index contributed by atoms with van der Waals surface area (Å²) in [6.45, 7) is 12.9. The molecule has 13 heteroatoms. The predicted octanol–water partition coefficient (Wildman–Crippen LogP) is 14.9. The third-order valence-electron chi connectivity index (χ3n) is 13.0. The molecule has 0 amide bonds. The van der Waals surface area contributed by atoms with Crippen LogP contribution in [0.1, 0.15) is 47.1 Å². The molecule has 0 spiro atoms. The van der Waals surface area contributed by atoms with Crippen LogP contribution in [0.3, 0.4) is 0 Å². The Morgan fingerprint density at radius 3 is 2.08 bits per heavy atom. The van der Waals surface area contributed by atoms with Gasteiger partial charge in [-0.3, -0.25) is 9.20 Å². The van der Waals surface area contributed by atoms with Gasteiger partial charge in [0, 0.05) is 94.3 Å². The van der Waals surface area contributed by atoms with E-state index < -0.39 is 0 Å². The van der Waals surface area contributed by atoms with E-state index in [0.29, 0.717) is 5.92 Å². The van der Waals surface area contributed by atoms with E-state index in [1.54, 1.807) is 23.9 Å². The minimum Gasteiger partial charge on any atom is -0.474 e. The maximum atomic E-state index is 6.11. The predicted molar refractivity (Wildman–Crippen MR) is 277 cm³/mol. The molecule has 0 bridgehead atoms. The molecule has 0 aliphatic carbocycles. The number of fused-ring (bicyclic) bond motifs is 18. The summed E-state index contributed by atoms with van der Waals surface area (Å²) >= 11 is 1.76. The van der Waals surface area contributed by atoms with Crippen molar-refractivity contribution in [3.8, 4) is 22.4 Å². The zero-order valence-electron chi connectivity index (χ0n) is 39.6. The number of hydrogen-bond donors (Lipinski definition) is 0. The molecule has 0 aliphatic rings. The Morgan fingerprint density at radius 1 is 0.648 bits per heavy atom. The van der Waals surface area contributed by atoms with Gasteiger partial charge in [-0.15, -0.1) is 46.4 Å². The van der Waals surface area contributed by atoms with Crippen molar-refractivity contribution in [2.24, 2.45) is 7.05 Å². The van der Waals surface area contributed by atoms with Crippen LogP contribution in [0.2, 0.25) is 0 Å². The Morgan fingerprint density at radius 2 is 1.34 bits per heavy atom. The molecule has 0 N–H and O–H groups in total. The van der Waals surface area contributed by atoms with Crippen molar-refractivity contribution in [1.82, 2.24) is 34.0 Å². The Bertz CT molecular complexity index is 4270. The Labute approximate surface area is 453 Å². The standard InChI is InChI=1S/C23H19N2O.C22H17N2O.C13H8N3S.3Ir/c1-14(2)15-8-4-6-10-17(15)22-20-19-12-13-26-23(19)18-11-7-5-9-16(18)21(20)24-25(22)3;1-13-7-6-8-14(2)20(13)18-12-23-24-19-10-5-4-9-16(19)17-11-15(3)25-22(17)21(18)24;1-8-6-10-9-4-2-3-5-11(9)16-13(12(10)17-8)14-7-15-16;;;/h4-8,10-14H,1-3H3;4-9,11-12H,1-3H3;2-4,6-7H,1H3;;;/q3*-1;;;. The van der Waals surface area contributed by atoms with E-state index in [1.165, 1.54) is 48.2 Å². The number of benzene rings is 6. The smallest absolute Gasteiger partial charge is 0.170 e. The minimum atomic E-state index is 0. The van der Waals surface area contributed by atoms with E-state index in [-0.39, 0.29) is 60.3 Å². The number of para-hydroxylation sites is 2. The molecule has 0 aliphatic heterocycles. The largest absolute Gasteiger partial charge is 0.474 e. The average molecular weight is 1480 g/mol. The van der Waals surface area contributed by atoms with Gasteiger partial charge in [0.1, 0.15) is 23.2 Å². The molecule has 0 fully saturated rings. The van der Waals surface area contributed by atoms with Crippen molar-refractivity contribution < 1.29 is 69.2 Å². The molecular weight excluding hydrogens is 1440 g/mol. The molecule has 0 atom stereocenters. The van der Waals surface area contributed by atoms with E-state index in [1.807, 2.05) is 76.3 Å². The van der Waals surface area contributed by atoms with E-state index in [4.69, 9.17) is 19.0 Å². The number of thiophene rings is 1. The number of furan rings is 2. The molecule has 9 nitrogen and oxygen atoms in total. The van der Waals surface area contributed by atoms with Crippen molar-refractivity contribution >= 4 is 98.0 Å². The summed E-state index contributed by atoms with van der Waals surface area (Å²) in [7, 11) is 2.02. The van der Waals surface area contributed by atoms with Crippen LogP contribution in [-0.2, 0) is 67.4 Å². The molecular formula is C58H44Ir3N7O2S-3. The van der Waals surface area contributed by atoms with Gasteiger partial charge in [0.15, 0.2) is 5.65 Å². The first-order valence-corrected chi connectivity index (χ1v) is 23.5. The maximum absolute atomic E-state index is 6.11. The number of pyridine rings is 2. The van der Waals surface area contributed by atoms with Gasteiger partial charge in [-0.25, -0.2) is 14.6 Å². The second-order valence-corrected chi connectivity index (χ2v) is 19.0. The van der Waals surface area contributed by atoms with E-state index >= 15 is 0 Å². The van der Waals surface area contributed by atoms with Crippen LogP contribution >= 0.6 is 11.3 Å². The summed E-state index contributed by atoms with van der Waals surface area (Å²) in [5, 5.41) is 22.8. The molecule has 8 heterocycles. The van der Waals surface area contributed by atoms with Gasteiger partial charge >= 0.3 is 0 Å². The quantitative estimate of drug-likeness (QED) is 0.164. The summed E-state index contributed by atoms with van der Waals surface area (Å²) in [5.74, 6) is 1.34. The van der Waals surface area contributed by atoms with Gasteiger partial charge in [-0.2, -0.15) is 58.7 Å². The summed E-state index contributed by atoms with van der Waals surface area (Å²) in [6, 6.07) is 49.4. The zero-order valence-corrected chi connectivity index (χ0v) is 47.6. The first kappa shape index (κ1) is 49.8. The molecule has 6 aromatic carbocycles. The molecule has 8 aromatic heterocycles. The molecule has 0 unspecified atom stereocenters. The third kappa shape index (κ3) is 8.18.